The molecule has 0 saturated heterocycles. The van der Waals surface area contributed by atoms with Crippen LogP contribution in [0.15, 0.2) is 46.1 Å². The zero-order valence-corrected chi connectivity index (χ0v) is 13.6. The van der Waals surface area contributed by atoms with Gasteiger partial charge in [0.25, 0.3) is 5.56 Å². The predicted octanol–water partition coefficient (Wildman–Crippen LogP) is 1.10. The number of sulfonamides is 1. The van der Waals surface area contributed by atoms with Crippen molar-refractivity contribution in [3.63, 3.8) is 0 Å². The Balaban J connectivity index is 1.68. The van der Waals surface area contributed by atoms with E-state index in [0.29, 0.717) is 0 Å². The van der Waals surface area contributed by atoms with Crippen LogP contribution in [0.3, 0.4) is 0 Å². The largest absolute Gasteiger partial charge is 0.268 e. The molecule has 23 heavy (non-hydrogen) atoms. The average Bonchev–Trinajstić information content (AvgIpc) is 2.56. The van der Waals surface area contributed by atoms with Gasteiger partial charge in [-0.2, -0.15) is 5.10 Å². The van der Waals surface area contributed by atoms with E-state index in [1.807, 2.05) is 0 Å². The highest BCUT2D eigenvalue weighted by molar-refractivity contribution is 7.89. The summed E-state index contributed by atoms with van der Waals surface area (Å²) in [6.45, 7) is 0.348. The molecule has 1 aromatic heterocycles. The van der Waals surface area contributed by atoms with Crippen molar-refractivity contribution in [1.82, 2.24) is 14.5 Å². The third kappa shape index (κ3) is 3.68. The van der Waals surface area contributed by atoms with E-state index in [0.717, 1.165) is 36.9 Å². The van der Waals surface area contributed by atoms with Crippen LogP contribution in [0.25, 0.3) is 0 Å². The predicted molar refractivity (Wildman–Crippen MR) is 86.8 cm³/mol. The summed E-state index contributed by atoms with van der Waals surface area (Å²) in [5.41, 5.74) is 1.81. The second-order valence-corrected chi connectivity index (χ2v) is 7.36. The summed E-state index contributed by atoms with van der Waals surface area (Å²) in [5, 5.41) is 4.37. The first kappa shape index (κ1) is 15.9. The van der Waals surface area contributed by atoms with Gasteiger partial charge in [-0.25, -0.2) is 17.8 Å². The summed E-state index contributed by atoms with van der Waals surface area (Å²) < 4.78 is 28.1. The molecule has 1 aromatic carbocycles. The normalized spacial score (nSPS) is 14.4. The molecule has 0 atom stereocenters. The molecule has 0 saturated carbocycles. The first-order valence-electron chi connectivity index (χ1n) is 7.71. The van der Waals surface area contributed by atoms with E-state index >= 15 is 0 Å². The molecule has 1 aliphatic rings. The van der Waals surface area contributed by atoms with Gasteiger partial charge in [-0.05, 0) is 43.4 Å². The summed E-state index contributed by atoms with van der Waals surface area (Å²) in [4.78, 5) is 12.3. The van der Waals surface area contributed by atoms with Gasteiger partial charge in [0, 0.05) is 12.6 Å². The number of benzene rings is 1. The standard InChI is InChI=1S/C16H19N3O3S/c20-16-12-13-6-4-5-9-15(13)18-19(16)11-10-17-23(21,22)14-7-2-1-3-8-14/h1-3,7-8,12,17H,4-6,9-11H2. The molecule has 0 spiro atoms. The van der Waals surface area contributed by atoms with Gasteiger partial charge in [0.1, 0.15) is 0 Å². The Hall–Kier alpha value is -1.99. The number of aryl methyl sites for hydroxylation is 2. The Bertz CT molecular complexity index is 845. The molecule has 1 N–H and O–H groups in total. The summed E-state index contributed by atoms with van der Waals surface area (Å²) in [6.07, 6.45) is 3.96. The average molecular weight is 333 g/mol. The zero-order valence-electron chi connectivity index (χ0n) is 12.7. The Morgan fingerprint density at radius 3 is 2.65 bits per heavy atom. The molecule has 2 aromatic rings. The SMILES string of the molecule is O=c1cc2c(nn1CCNS(=O)(=O)c1ccccc1)CCCC2. The lowest BCUT2D eigenvalue weighted by atomic mass is 9.97. The number of rotatable bonds is 5. The Morgan fingerprint density at radius 1 is 1.13 bits per heavy atom. The van der Waals surface area contributed by atoms with E-state index in [2.05, 4.69) is 9.82 Å². The van der Waals surface area contributed by atoms with Crippen molar-refractivity contribution in [2.45, 2.75) is 37.1 Å². The highest BCUT2D eigenvalue weighted by Gasteiger charge is 2.15. The van der Waals surface area contributed by atoms with E-state index in [1.165, 1.54) is 16.8 Å². The zero-order chi connectivity index (χ0) is 16.3. The molecule has 0 bridgehead atoms. The van der Waals surface area contributed by atoms with Crippen molar-refractivity contribution in [2.75, 3.05) is 6.54 Å². The second-order valence-electron chi connectivity index (χ2n) is 5.60. The van der Waals surface area contributed by atoms with Gasteiger partial charge in [-0.3, -0.25) is 4.79 Å². The molecule has 1 heterocycles. The molecule has 0 amide bonds. The van der Waals surface area contributed by atoms with Gasteiger partial charge >= 0.3 is 0 Å². The molecule has 1 aliphatic carbocycles. The van der Waals surface area contributed by atoms with Crippen LogP contribution in [0.2, 0.25) is 0 Å². The molecule has 0 aliphatic heterocycles. The minimum atomic E-state index is -3.55. The van der Waals surface area contributed by atoms with Crippen LogP contribution in [0.4, 0.5) is 0 Å². The van der Waals surface area contributed by atoms with Gasteiger partial charge in [-0.15, -0.1) is 0 Å². The molecule has 6 nitrogen and oxygen atoms in total. The minimum absolute atomic E-state index is 0.128. The number of fused-ring (bicyclic) bond motifs is 1. The van der Waals surface area contributed by atoms with Crippen molar-refractivity contribution >= 4 is 10.0 Å². The lowest BCUT2D eigenvalue weighted by Gasteiger charge is -2.16. The quantitative estimate of drug-likeness (QED) is 0.888. The monoisotopic (exact) mass is 333 g/mol. The molecule has 3 rings (SSSR count). The fourth-order valence-corrected chi connectivity index (χ4v) is 3.77. The number of nitrogens with zero attached hydrogens (tertiary/aromatic N) is 2. The topological polar surface area (TPSA) is 81.1 Å². The van der Waals surface area contributed by atoms with Crippen molar-refractivity contribution < 1.29 is 8.42 Å². The van der Waals surface area contributed by atoms with E-state index in [1.54, 1.807) is 24.3 Å². The second kappa shape index (κ2) is 6.64. The fraction of sp³-hybridized carbons (Fsp3) is 0.375. The van der Waals surface area contributed by atoms with E-state index in [9.17, 15) is 13.2 Å². The smallest absolute Gasteiger partial charge is 0.267 e. The molecular weight excluding hydrogens is 314 g/mol. The van der Waals surface area contributed by atoms with Gasteiger partial charge < -0.3 is 0 Å². The summed E-state index contributed by atoms with van der Waals surface area (Å²) in [5.74, 6) is 0. The first-order chi connectivity index (χ1) is 11.1. The van der Waals surface area contributed by atoms with Crippen molar-refractivity contribution in [3.8, 4) is 0 Å². The van der Waals surface area contributed by atoms with Crippen LogP contribution >= 0.6 is 0 Å². The van der Waals surface area contributed by atoms with Crippen LogP contribution in [-0.2, 0) is 29.4 Å². The maximum absolute atomic E-state index is 12.1. The number of aromatic nitrogens is 2. The highest BCUT2D eigenvalue weighted by Crippen LogP contribution is 2.16. The van der Waals surface area contributed by atoms with Crippen LogP contribution in [0.1, 0.15) is 24.1 Å². The van der Waals surface area contributed by atoms with Crippen LogP contribution < -0.4 is 10.3 Å². The van der Waals surface area contributed by atoms with Gasteiger partial charge in [0.2, 0.25) is 10.0 Å². The molecule has 0 unspecified atom stereocenters. The number of hydrogen-bond donors (Lipinski definition) is 1. The van der Waals surface area contributed by atoms with Crippen LogP contribution in [-0.4, -0.2) is 24.7 Å². The summed E-state index contributed by atoms with van der Waals surface area (Å²) in [7, 11) is -3.55. The molecular formula is C16H19N3O3S. The maximum atomic E-state index is 12.1. The van der Waals surface area contributed by atoms with Crippen molar-refractivity contribution in [2.24, 2.45) is 0 Å². The maximum Gasteiger partial charge on any atom is 0.267 e. The minimum Gasteiger partial charge on any atom is -0.268 e. The van der Waals surface area contributed by atoms with E-state index in [4.69, 9.17) is 0 Å². The Morgan fingerprint density at radius 2 is 1.87 bits per heavy atom. The number of hydrogen-bond acceptors (Lipinski definition) is 4. The molecule has 0 radical (unpaired) electrons. The van der Waals surface area contributed by atoms with Crippen molar-refractivity contribution in [3.05, 3.63) is 58.0 Å². The molecule has 7 heteroatoms. The van der Waals surface area contributed by atoms with Gasteiger partial charge in [0.15, 0.2) is 0 Å². The van der Waals surface area contributed by atoms with Gasteiger partial charge in [0.05, 0.1) is 17.1 Å². The fourth-order valence-electron chi connectivity index (χ4n) is 2.73. The first-order valence-corrected chi connectivity index (χ1v) is 9.19. The summed E-state index contributed by atoms with van der Waals surface area (Å²) in [6, 6.07) is 9.80. The third-order valence-electron chi connectivity index (χ3n) is 3.94. The third-order valence-corrected chi connectivity index (χ3v) is 5.42. The highest BCUT2D eigenvalue weighted by atomic mass is 32.2. The van der Waals surface area contributed by atoms with Crippen LogP contribution in [0.5, 0.6) is 0 Å². The van der Waals surface area contributed by atoms with E-state index in [-0.39, 0.29) is 23.5 Å². The Labute approximate surface area is 135 Å². The Kier molecular flexibility index (Phi) is 4.58. The van der Waals surface area contributed by atoms with E-state index < -0.39 is 10.0 Å². The molecule has 122 valence electrons. The van der Waals surface area contributed by atoms with Crippen LogP contribution in [0, 0.1) is 0 Å². The molecule has 0 fully saturated rings. The number of nitrogens with one attached hydrogen (secondary N) is 1. The lowest BCUT2D eigenvalue weighted by Crippen LogP contribution is -2.33. The summed E-state index contributed by atoms with van der Waals surface area (Å²) >= 11 is 0. The lowest BCUT2D eigenvalue weighted by molar-refractivity contribution is 0.526. The van der Waals surface area contributed by atoms with Gasteiger partial charge in [-0.1, -0.05) is 18.2 Å². The van der Waals surface area contributed by atoms with Crippen molar-refractivity contribution in [1.29, 1.82) is 0 Å².